The Labute approximate surface area is 68.0 Å². The third kappa shape index (κ3) is 1.41. The van der Waals surface area contributed by atoms with Gasteiger partial charge in [0.05, 0.1) is 25.2 Å². The second-order valence-electron chi connectivity index (χ2n) is 3.65. The normalized spacial score (nSPS) is 24.8. The monoisotopic (exact) mass is 159 g/mol. The van der Waals surface area contributed by atoms with Gasteiger partial charge >= 0.3 is 0 Å². The van der Waals surface area contributed by atoms with Gasteiger partial charge in [0.25, 0.3) is 0 Å². The van der Waals surface area contributed by atoms with Crippen LogP contribution in [0, 0.1) is 5.41 Å². The van der Waals surface area contributed by atoms with E-state index in [9.17, 15) is 0 Å². The lowest BCUT2D eigenvalue weighted by molar-refractivity contribution is -0.166. The molecule has 0 radical (unpaired) electrons. The van der Waals surface area contributed by atoms with Crippen LogP contribution in [0.4, 0.5) is 0 Å². The van der Waals surface area contributed by atoms with Crippen LogP contribution in [-0.4, -0.2) is 50.0 Å². The molecule has 11 heavy (non-hydrogen) atoms. The van der Waals surface area contributed by atoms with E-state index < -0.39 is 0 Å². The van der Waals surface area contributed by atoms with Crippen molar-refractivity contribution in [2.75, 3.05) is 33.9 Å². The summed E-state index contributed by atoms with van der Waals surface area (Å²) in [5.41, 5.74) is 0.00347. The zero-order valence-electron chi connectivity index (χ0n) is 7.50. The molecule has 3 nitrogen and oxygen atoms in total. The Morgan fingerprint density at radius 1 is 1.55 bits per heavy atom. The van der Waals surface area contributed by atoms with Gasteiger partial charge in [-0.15, -0.1) is 0 Å². The summed E-state index contributed by atoms with van der Waals surface area (Å²) in [5.74, 6) is 0. The Bertz CT molecular complexity index is 127. The maximum atomic E-state index is 9.15. The van der Waals surface area contributed by atoms with E-state index in [2.05, 4.69) is 11.8 Å². The fourth-order valence-electron chi connectivity index (χ4n) is 1.38. The van der Waals surface area contributed by atoms with Crippen LogP contribution in [0.15, 0.2) is 0 Å². The molecule has 0 spiro atoms. The van der Waals surface area contributed by atoms with E-state index in [-0.39, 0.29) is 12.0 Å². The number of nitrogens with zero attached hydrogens (tertiary/aromatic N) is 1. The van der Waals surface area contributed by atoms with E-state index in [0.29, 0.717) is 19.3 Å². The van der Waals surface area contributed by atoms with E-state index >= 15 is 0 Å². The molecule has 0 bridgehead atoms. The molecule has 0 aromatic rings. The van der Waals surface area contributed by atoms with Gasteiger partial charge in [-0.25, -0.2) is 0 Å². The Kier molecular flexibility index (Phi) is 2.52. The zero-order chi connectivity index (χ0) is 8.48. The minimum absolute atomic E-state index is 0.00347. The van der Waals surface area contributed by atoms with Gasteiger partial charge in [-0.1, -0.05) is 0 Å². The number of hydrogen-bond acceptors (Lipinski definition) is 3. The van der Waals surface area contributed by atoms with Gasteiger partial charge in [0.1, 0.15) is 0 Å². The first kappa shape index (κ1) is 8.97. The number of aliphatic hydroxyl groups excluding tert-OH is 1. The summed E-state index contributed by atoms with van der Waals surface area (Å²) in [6.07, 6.45) is 0. The molecule has 1 heterocycles. The van der Waals surface area contributed by atoms with E-state index in [0.717, 1.165) is 0 Å². The molecule has 3 heteroatoms. The lowest BCUT2D eigenvalue weighted by atomic mass is 9.79. The second-order valence-corrected chi connectivity index (χ2v) is 3.65. The molecule has 1 aliphatic heterocycles. The van der Waals surface area contributed by atoms with E-state index in [1.165, 1.54) is 0 Å². The minimum Gasteiger partial charge on any atom is -0.396 e. The van der Waals surface area contributed by atoms with Crippen LogP contribution in [0.3, 0.4) is 0 Å². The van der Waals surface area contributed by atoms with Crippen LogP contribution in [0.5, 0.6) is 0 Å². The van der Waals surface area contributed by atoms with Crippen molar-refractivity contribution in [2.24, 2.45) is 5.41 Å². The third-order valence-electron chi connectivity index (χ3n) is 2.75. The molecule has 1 fully saturated rings. The zero-order valence-corrected chi connectivity index (χ0v) is 7.50. The Balaban J connectivity index is 2.54. The van der Waals surface area contributed by atoms with Crippen LogP contribution in [0.1, 0.15) is 6.92 Å². The number of rotatable bonds is 3. The molecule has 0 aliphatic carbocycles. The molecule has 0 aromatic heterocycles. The van der Waals surface area contributed by atoms with Crippen LogP contribution in [0.25, 0.3) is 0 Å². The molecular formula is C8H17NO2. The molecule has 0 aromatic carbocycles. The second kappa shape index (κ2) is 3.09. The third-order valence-corrected chi connectivity index (χ3v) is 2.75. The molecule has 1 N–H and O–H groups in total. The Morgan fingerprint density at radius 2 is 2.09 bits per heavy atom. The number of ether oxygens (including phenoxy) is 1. The summed E-state index contributed by atoms with van der Waals surface area (Å²) in [7, 11) is 4.06. The minimum atomic E-state index is 0.00347. The predicted octanol–water partition coefficient (Wildman–Crippen LogP) is -0.0546. The lowest BCUT2D eigenvalue weighted by Crippen LogP contribution is -2.57. The molecule has 66 valence electrons. The first-order valence-corrected chi connectivity index (χ1v) is 3.97. The maximum absolute atomic E-state index is 9.15. The summed E-state index contributed by atoms with van der Waals surface area (Å²) in [5, 5.41) is 9.15. The van der Waals surface area contributed by atoms with Crippen molar-refractivity contribution in [3.05, 3.63) is 0 Å². The highest BCUT2D eigenvalue weighted by atomic mass is 16.5. The molecule has 1 aliphatic rings. The van der Waals surface area contributed by atoms with Crippen molar-refractivity contribution < 1.29 is 9.84 Å². The van der Waals surface area contributed by atoms with E-state index in [1.54, 1.807) is 0 Å². The highest BCUT2D eigenvalue weighted by Crippen LogP contribution is 2.32. The van der Waals surface area contributed by atoms with Crippen molar-refractivity contribution in [1.82, 2.24) is 4.90 Å². The number of hydrogen-bond donors (Lipinski definition) is 1. The predicted molar refractivity (Wildman–Crippen MR) is 43.5 cm³/mol. The average molecular weight is 159 g/mol. The van der Waals surface area contributed by atoms with E-state index in [1.807, 2.05) is 14.1 Å². The van der Waals surface area contributed by atoms with Gasteiger partial charge in [-0.3, -0.25) is 0 Å². The average Bonchev–Trinajstić information content (AvgIpc) is 1.86. The highest BCUT2D eigenvalue weighted by Gasteiger charge is 2.43. The quantitative estimate of drug-likeness (QED) is 0.626. The molecular weight excluding hydrogens is 142 g/mol. The summed E-state index contributed by atoms with van der Waals surface area (Å²) in [6, 6.07) is 0.390. The van der Waals surface area contributed by atoms with Crippen molar-refractivity contribution >= 4 is 0 Å². The van der Waals surface area contributed by atoms with Crippen LogP contribution in [-0.2, 0) is 4.74 Å². The lowest BCUT2D eigenvalue weighted by Gasteiger charge is -2.46. The van der Waals surface area contributed by atoms with Crippen LogP contribution in [0.2, 0.25) is 0 Å². The fraction of sp³-hybridized carbons (Fsp3) is 1.00. The highest BCUT2D eigenvalue weighted by molar-refractivity contribution is 4.93. The SMILES string of the molecule is CC(N(C)C)C1(CO)COC1. The molecule has 1 unspecified atom stereocenters. The van der Waals surface area contributed by atoms with Crippen molar-refractivity contribution in [2.45, 2.75) is 13.0 Å². The van der Waals surface area contributed by atoms with Gasteiger partial charge in [0, 0.05) is 6.04 Å². The molecule has 0 saturated carbocycles. The van der Waals surface area contributed by atoms with Gasteiger partial charge in [0.15, 0.2) is 0 Å². The van der Waals surface area contributed by atoms with E-state index in [4.69, 9.17) is 9.84 Å². The topological polar surface area (TPSA) is 32.7 Å². The molecule has 0 amide bonds. The first-order chi connectivity index (χ1) is 5.12. The van der Waals surface area contributed by atoms with Gasteiger partial charge < -0.3 is 14.7 Å². The summed E-state index contributed by atoms with van der Waals surface area (Å²) in [4.78, 5) is 2.12. The van der Waals surface area contributed by atoms with Crippen molar-refractivity contribution in [3.8, 4) is 0 Å². The van der Waals surface area contributed by atoms with Crippen molar-refractivity contribution in [1.29, 1.82) is 0 Å². The van der Waals surface area contributed by atoms with Gasteiger partial charge in [0.2, 0.25) is 0 Å². The van der Waals surface area contributed by atoms with Crippen LogP contribution >= 0.6 is 0 Å². The molecule has 1 atom stereocenters. The smallest absolute Gasteiger partial charge is 0.0582 e. The summed E-state index contributed by atoms with van der Waals surface area (Å²) >= 11 is 0. The van der Waals surface area contributed by atoms with Crippen LogP contribution < -0.4 is 0 Å². The largest absolute Gasteiger partial charge is 0.396 e. The standard InChI is InChI=1S/C8H17NO2/c1-7(9(2)3)8(4-10)5-11-6-8/h7,10H,4-6H2,1-3H3. The number of aliphatic hydroxyl groups is 1. The maximum Gasteiger partial charge on any atom is 0.0582 e. The van der Waals surface area contributed by atoms with Gasteiger partial charge in [-0.05, 0) is 21.0 Å². The van der Waals surface area contributed by atoms with Gasteiger partial charge in [-0.2, -0.15) is 0 Å². The molecule has 1 saturated heterocycles. The van der Waals surface area contributed by atoms with Crippen molar-refractivity contribution in [3.63, 3.8) is 0 Å². The summed E-state index contributed by atoms with van der Waals surface area (Å²) < 4.78 is 5.11. The Morgan fingerprint density at radius 3 is 2.18 bits per heavy atom. The summed E-state index contributed by atoms with van der Waals surface area (Å²) in [6.45, 7) is 3.75. The Hall–Kier alpha value is -0.120. The fourth-order valence-corrected chi connectivity index (χ4v) is 1.38. The molecule has 1 rings (SSSR count). The first-order valence-electron chi connectivity index (χ1n) is 3.97.